The van der Waals surface area contributed by atoms with E-state index in [-0.39, 0.29) is 5.91 Å². The second-order valence-corrected chi connectivity index (χ2v) is 5.81. The number of anilines is 1. The summed E-state index contributed by atoms with van der Waals surface area (Å²) in [5.41, 5.74) is 0.952. The molecule has 4 heteroatoms. The average Bonchev–Trinajstić information content (AvgIpc) is 3.22. The first kappa shape index (κ1) is 12.9. The van der Waals surface area contributed by atoms with Crippen molar-refractivity contribution in [3.63, 3.8) is 0 Å². The lowest BCUT2D eigenvalue weighted by atomic mass is 10.1. The summed E-state index contributed by atoms with van der Waals surface area (Å²) in [5, 5.41) is 8.00. The SMILES string of the molecule is CNc1ncc(C(=O)NCC2(C)CC2)c2ccccc12. The molecular formula is C16H19N3O. The van der Waals surface area contributed by atoms with Crippen molar-refractivity contribution in [3.05, 3.63) is 36.0 Å². The van der Waals surface area contributed by atoms with E-state index in [9.17, 15) is 4.79 Å². The molecular weight excluding hydrogens is 250 g/mol. The maximum absolute atomic E-state index is 12.4. The van der Waals surface area contributed by atoms with E-state index in [1.807, 2.05) is 31.3 Å². The number of hydrogen-bond donors (Lipinski definition) is 2. The molecule has 1 heterocycles. The van der Waals surface area contributed by atoms with E-state index in [4.69, 9.17) is 0 Å². The third kappa shape index (κ3) is 2.33. The fourth-order valence-electron chi connectivity index (χ4n) is 2.35. The van der Waals surface area contributed by atoms with Crippen LogP contribution in [0.15, 0.2) is 30.5 Å². The van der Waals surface area contributed by atoms with E-state index in [0.29, 0.717) is 11.0 Å². The Labute approximate surface area is 118 Å². The van der Waals surface area contributed by atoms with Crippen LogP contribution in [-0.2, 0) is 0 Å². The van der Waals surface area contributed by atoms with Gasteiger partial charge in [0.2, 0.25) is 0 Å². The molecule has 1 aromatic carbocycles. The number of nitrogens with one attached hydrogen (secondary N) is 2. The summed E-state index contributed by atoms with van der Waals surface area (Å²) in [6.07, 6.45) is 4.05. The van der Waals surface area contributed by atoms with Gasteiger partial charge < -0.3 is 10.6 Å². The van der Waals surface area contributed by atoms with E-state index in [1.165, 1.54) is 12.8 Å². The summed E-state index contributed by atoms with van der Waals surface area (Å²) in [6.45, 7) is 2.95. The molecule has 0 bridgehead atoms. The number of nitrogens with zero attached hydrogens (tertiary/aromatic N) is 1. The highest BCUT2D eigenvalue weighted by molar-refractivity contribution is 6.09. The zero-order valence-corrected chi connectivity index (χ0v) is 11.9. The monoisotopic (exact) mass is 269 g/mol. The van der Waals surface area contributed by atoms with Crippen LogP contribution in [0.1, 0.15) is 30.1 Å². The van der Waals surface area contributed by atoms with Crippen LogP contribution in [0, 0.1) is 5.41 Å². The predicted octanol–water partition coefficient (Wildman–Crippen LogP) is 2.81. The van der Waals surface area contributed by atoms with Crippen LogP contribution < -0.4 is 10.6 Å². The standard InChI is InChI=1S/C16H19N3O/c1-16(7-8-16)10-19-15(20)13-9-18-14(17-2)12-6-4-3-5-11(12)13/h3-6,9H,7-8,10H2,1-2H3,(H,17,18)(H,19,20). The van der Waals surface area contributed by atoms with Crippen LogP contribution in [0.25, 0.3) is 10.8 Å². The molecule has 1 fully saturated rings. The highest BCUT2D eigenvalue weighted by Gasteiger charge is 2.37. The second-order valence-electron chi connectivity index (χ2n) is 5.81. The Morgan fingerprint density at radius 1 is 1.30 bits per heavy atom. The third-order valence-corrected chi connectivity index (χ3v) is 4.06. The predicted molar refractivity (Wildman–Crippen MR) is 81.0 cm³/mol. The number of fused-ring (bicyclic) bond motifs is 1. The Morgan fingerprint density at radius 3 is 2.65 bits per heavy atom. The smallest absolute Gasteiger partial charge is 0.253 e. The molecule has 0 saturated heterocycles. The lowest BCUT2D eigenvalue weighted by molar-refractivity contribution is 0.0947. The topological polar surface area (TPSA) is 54.0 Å². The molecule has 0 atom stereocenters. The fourth-order valence-corrected chi connectivity index (χ4v) is 2.35. The summed E-state index contributed by atoms with van der Waals surface area (Å²) < 4.78 is 0. The van der Waals surface area contributed by atoms with E-state index in [1.54, 1.807) is 6.20 Å². The van der Waals surface area contributed by atoms with Gasteiger partial charge in [0.25, 0.3) is 5.91 Å². The summed E-state index contributed by atoms with van der Waals surface area (Å²) in [6, 6.07) is 7.84. The van der Waals surface area contributed by atoms with Crippen molar-refractivity contribution in [2.45, 2.75) is 19.8 Å². The first-order chi connectivity index (χ1) is 9.63. The highest BCUT2D eigenvalue weighted by Crippen LogP contribution is 2.44. The van der Waals surface area contributed by atoms with Gasteiger partial charge in [0, 0.05) is 25.2 Å². The number of benzene rings is 1. The van der Waals surface area contributed by atoms with Gasteiger partial charge in [0.1, 0.15) is 5.82 Å². The molecule has 1 aromatic heterocycles. The van der Waals surface area contributed by atoms with Crippen molar-refractivity contribution >= 4 is 22.5 Å². The van der Waals surface area contributed by atoms with Gasteiger partial charge in [-0.25, -0.2) is 4.98 Å². The fraction of sp³-hybridized carbons (Fsp3) is 0.375. The van der Waals surface area contributed by atoms with Gasteiger partial charge in [0.05, 0.1) is 5.56 Å². The highest BCUT2D eigenvalue weighted by atomic mass is 16.1. The summed E-state index contributed by atoms with van der Waals surface area (Å²) in [5.74, 6) is 0.760. The first-order valence-electron chi connectivity index (χ1n) is 6.97. The van der Waals surface area contributed by atoms with Crippen LogP contribution in [0.3, 0.4) is 0 Å². The molecule has 2 N–H and O–H groups in total. The number of rotatable bonds is 4. The number of amides is 1. The molecule has 0 unspecified atom stereocenters. The Hall–Kier alpha value is -2.10. The summed E-state index contributed by atoms with van der Waals surface area (Å²) in [7, 11) is 1.84. The molecule has 4 nitrogen and oxygen atoms in total. The van der Waals surface area contributed by atoms with Gasteiger partial charge in [-0.3, -0.25) is 4.79 Å². The number of pyridine rings is 1. The van der Waals surface area contributed by atoms with Gasteiger partial charge in [0.15, 0.2) is 0 Å². The van der Waals surface area contributed by atoms with Gasteiger partial charge in [-0.1, -0.05) is 31.2 Å². The number of carbonyl (C=O) groups is 1. The van der Waals surface area contributed by atoms with Crippen molar-refractivity contribution in [3.8, 4) is 0 Å². The van der Waals surface area contributed by atoms with Crippen molar-refractivity contribution in [1.29, 1.82) is 0 Å². The molecule has 3 rings (SSSR count). The van der Waals surface area contributed by atoms with Crippen LogP contribution in [0.4, 0.5) is 5.82 Å². The Balaban J connectivity index is 1.92. The minimum absolute atomic E-state index is 0.0375. The maximum Gasteiger partial charge on any atom is 0.253 e. The zero-order valence-electron chi connectivity index (χ0n) is 11.9. The van der Waals surface area contributed by atoms with Crippen molar-refractivity contribution < 1.29 is 4.79 Å². The summed E-state index contributed by atoms with van der Waals surface area (Å²) in [4.78, 5) is 16.7. The molecule has 2 aromatic rings. The van der Waals surface area contributed by atoms with Crippen molar-refractivity contribution in [2.75, 3.05) is 18.9 Å². The molecule has 0 aliphatic heterocycles. The molecule has 0 spiro atoms. The van der Waals surface area contributed by atoms with Crippen molar-refractivity contribution in [1.82, 2.24) is 10.3 Å². The minimum Gasteiger partial charge on any atom is -0.373 e. The molecule has 20 heavy (non-hydrogen) atoms. The minimum atomic E-state index is -0.0375. The van der Waals surface area contributed by atoms with E-state index >= 15 is 0 Å². The normalized spacial score (nSPS) is 15.9. The molecule has 1 amide bonds. The van der Waals surface area contributed by atoms with Gasteiger partial charge in [-0.15, -0.1) is 0 Å². The third-order valence-electron chi connectivity index (χ3n) is 4.06. The van der Waals surface area contributed by atoms with E-state index < -0.39 is 0 Å². The molecule has 1 aliphatic rings. The quantitative estimate of drug-likeness (QED) is 0.897. The summed E-state index contributed by atoms with van der Waals surface area (Å²) >= 11 is 0. The Morgan fingerprint density at radius 2 is 2.00 bits per heavy atom. The van der Waals surface area contributed by atoms with Crippen LogP contribution >= 0.6 is 0 Å². The van der Waals surface area contributed by atoms with Crippen LogP contribution in [0.2, 0.25) is 0 Å². The van der Waals surface area contributed by atoms with Gasteiger partial charge in [-0.2, -0.15) is 0 Å². The van der Waals surface area contributed by atoms with E-state index in [0.717, 1.165) is 23.1 Å². The van der Waals surface area contributed by atoms with Crippen LogP contribution in [-0.4, -0.2) is 24.5 Å². The first-order valence-corrected chi connectivity index (χ1v) is 6.97. The van der Waals surface area contributed by atoms with E-state index in [2.05, 4.69) is 22.5 Å². The number of carbonyl (C=O) groups excluding carboxylic acids is 1. The number of aromatic nitrogens is 1. The van der Waals surface area contributed by atoms with Crippen molar-refractivity contribution in [2.24, 2.45) is 5.41 Å². The van der Waals surface area contributed by atoms with Crippen LogP contribution in [0.5, 0.6) is 0 Å². The Kier molecular flexibility index (Phi) is 3.08. The maximum atomic E-state index is 12.4. The van der Waals surface area contributed by atoms with Gasteiger partial charge >= 0.3 is 0 Å². The second kappa shape index (κ2) is 4.78. The molecule has 1 saturated carbocycles. The molecule has 0 radical (unpaired) electrons. The lowest BCUT2D eigenvalue weighted by Crippen LogP contribution is -2.29. The largest absolute Gasteiger partial charge is 0.373 e. The zero-order chi connectivity index (χ0) is 14.2. The lowest BCUT2D eigenvalue weighted by Gasteiger charge is -2.12. The molecule has 104 valence electrons. The molecule has 1 aliphatic carbocycles. The van der Waals surface area contributed by atoms with Gasteiger partial charge in [-0.05, 0) is 23.6 Å². The average molecular weight is 269 g/mol. The number of hydrogen-bond acceptors (Lipinski definition) is 3. The Bertz CT molecular complexity index is 662.